The molecule has 0 fully saturated rings. The molecule has 1 aliphatic rings. The van der Waals surface area contributed by atoms with Gasteiger partial charge >= 0.3 is 0 Å². The summed E-state index contributed by atoms with van der Waals surface area (Å²) >= 11 is 0. The van der Waals surface area contributed by atoms with E-state index in [-0.39, 0.29) is 12.7 Å². The van der Waals surface area contributed by atoms with Crippen LogP contribution >= 0.6 is 0 Å². The van der Waals surface area contributed by atoms with Crippen LogP contribution in [0.25, 0.3) is 0 Å². The van der Waals surface area contributed by atoms with Crippen LogP contribution in [0, 0.1) is 0 Å². The van der Waals surface area contributed by atoms with E-state index in [2.05, 4.69) is 17.4 Å². The van der Waals surface area contributed by atoms with Crippen LogP contribution < -0.4 is 10.1 Å². The molecular weight excluding hydrogens is 284 g/mol. The van der Waals surface area contributed by atoms with Crippen LogP contribution in [0.5, 0.6) is 5.75 Å². The molecule has 2 heterocycles. The summed E-state index contributed by atoms with van der Waals surface area (Å²) in [6, 6.07) is 9.23. The van der Waals surface area contributed by atoms with E-state index in [1.165, 1.54) is 0 Å². The summed E-state index contributed by atoms with van der Waals surface area (Å²) in [5, 5.41) is 6.77. The number of fused-ring (bicyclic) bond motifs is 1. The van der Waals surface area contributed by atoms with Crippen LogP contribution in [0.15, 0.2) is 34.9 Å². The van der Waals surface area contributed by atoms with Gasteiger partial charge in [-0.2, -0.15) is 0 Å². The largest absolute Gasteiger partial charge is 0.467 e. The summed E-state index contributed by atoms with van der Waals surface area (Å²) in [5.74, 6) is 1.10. The molecule has 1 N–H and O–H groups in total. The molecule has 116 valence electrons. The lowest BCUT2D eigenvalue weighted by molar-refractivity contribution is -0.142. The quantitative estimate of drug-likeness (QED) is 0.917. The van der Waals surface area contributed by atoms with E-state index in [0.717, 1.165) is 24.1 Å². The highest BCUT2D eigenvalue weighted by molar-refractivity contribution is 5.83. The number of para-hydroxylation sites is 1. The average molecular weight is 302 g/mol. The lowest BCUT2D eigenvalue weighted by Crippen LogP contribution is -2.33. The van der Waals surface area contributed by atoms with Crippen molar-refractivity contribution in [2.45, 2.75) is 32.4 Å². The van der Waals surface area contributed by atoms with E-state index < -0.39 is 6.10 Å². The summed E-state index contributed by atoms with van der Waals surface area (Å²) < 4.78 is 16.0. The molecule has 3 rings (SSSR count). The molecule has 1 aliphatic heterocycles. The number of ether oxygens (including phenoxy) is 2. The molecule has 6 heteroatoms. The van der Waals surface area contributed by atoms with Crippen LogP contribution in [-0.2, 0) is 22.5 Å². The molecule has 0 radical (unpaired) electrons. The van der Waals surface area contributed by atoms with E-state index in [4.69, 9.17) is 14.0 Å². The van der Waals surface area contributed by atoms with Gasteiger partial charge in [0.2, 0.25) is 0 Å². The number of nitrogens with one attached hydrogen (secondary N) is 1. The number of rotatable bonds is 5. The number of aryl methyl sites for hydroxylation is 1. The third-order valence-electron chi connectivity index (χ3n) is 3.44. The number of amides is 1. The Labute approximate surface area is 128 Å². The molecule has 6 nitrogen and oxygen atoms in total. The first-order valence-corrected chi connectivity index (χ1v) is 7.33. The topological polar surface area (TPSA) is 73.6 Å². The van der Waals surface area contributed by atoms with Gasteiger partial charge in [0, 0.05) is 11.6 Å². The second-order valence-corrected chi connectivity index (χ2v) is 5.10. The molecule has 0 saturated heterocycles. The summed E-state index contributed by atoms with van der Waals surface area (Å²) in [4.78, 5) is 12.3. The van der Waals surface area contributed by atoms with Crippen molar-refractivity contribution in [3.8, 4) is 5.75 Å². The number of nitrogens with zero attached hydrogens (tertiary/aromatic N) is 1. The van der Waals surface area contributed by atoms with Gasteiger partial charge in [-0.3, -0.25) is 4.79 Å². The Hall–Kier alpha value is -2.34. The number of carbonyl (C=O) groups excluding carboxylic acids is 1. The first-order valence-electron chi connectivity index (χ1n) is 7.33. The van der Waals surface area contributed by atoms with Gasteiger partial charge < -0.3 is 19.3 Å². The number of aromatic nitrogens is 1. The van der Waals surface area contributed by atoms with Crippen LogP contribution in [0.4, 0.5) is 0 Å². The molecule has 22 heavy (non-hydrogen) atoms. The molecule has 0 saturated carbocycles. The third-order valence-corrected chi connectivity index (χ3v) is 3.44. The molecule has 0 aliphatic carbocycles. The summed E-state index contributed by atoms with van der Waals surface area (Å²) in [6.45, 7) is 2.44. The fourth-order valence-electron chi connectivity index (χ4n) is 2.38. The van der Waals surface area contributed by atoms with Gasteiger partial charge in [0.15, 0.2) is 18.7 Å². The molecule has 1 atom stereocenters. The molecule has 1 aromatic carbocycles. The van der Waals surface area contributed by atoms with E-state index in [1.54, 1.807) is 0 Å². The first kappa shape index (κ1) is 14.6. The predicted molar refractivity (Wildman–Crippen MR) is 78.1 cm³/mol. The fourth-order valence-corrected chi connectivity index (χ4v) is 2.38. The molecule has 0 bridgehead atoms. The lowest BCUT2D eigenvalue weighted by atomic mass is 10.1. The van der Waals surface area contributed by atoms with Crippen molar-refractivity contribution in [2.24, 2.45) is 0 Å². The summed E-state index contributed by atoms with van der Waals surface area (Å²) in [5.41, 5.74) is 1.63. The van der Waals surface area contributed by atoms with Crippen molar-refractivity contribution in [1.29, 1.82) is 0 Å². The first-order chi connectivity index (χ1) is 10.8. The fraction of sp³-hybridized carbons (Fsp3) is 0.375. The average Bonchev–Trinajstić information content (AvgIpc) is 3.00. The van der Waals surface area contributed by atoms with E-state index in [9.17, 15) is 4.79 Å². The Morgan fingerprint density at radius 2 is 2.27 bits per heavy atom. The number of carbonyl (C=O) groups is 1. The van der Waals surface area contributed by atoms with Crippen molar-refractivity contribution in [1.82, 2.24) is 10.5 Å². The molecule has 1 amide bonds. The molecule has 0 spiro atoms. The zero-order valence-electron chi connectivity index (χ0n) is 12.4. The Balaban J connectivity index is 1.63. The van der Waals surface area contributed by atoms with Crippen LogP contribution in [-0.4, -0.2) is 17.9 Å². The van der Waals surface area contributed by atoms with Crippen molar-refractivity contribution in [2.75, 3.05) is 6.79 Å². The van der Waals surface area contributed by atoms with Gasteiger partial charge in [-0.15, -0.1) is 0 Å². The molecule has 1 aromatic heterocycles. The van der Waals surface area contributed by atoms with E-state index in [1.807, 2.05) is 30.3 Å². The van der Waals surface area contributed by atoms with Crippen LogP contribution in [0.3, 0.4) is 0 Å². The monoisotopic (exact) mass is 302 g/mol. The highest BCUT2D eigenvalue weighted by atomic mass is 16.7. The lowest BCUT2D eigenvalue weighted by Gasteiger charge is -2.25. The highest BCUT2D eigenvalue weighted by Gasteiger charge is 2.28. The molecule has 0 unspecified atom stereocenters. The van der Waals surface area contributed by atoms with E-state index >= 15 is 0 Å². The van der Waals surface area contributed by atoms with Gasteiger partial charge in [-0.05, 0) is 12.5 Å². The van der Waals surface area contributed by atoms with Gasteiger partial charge in [-0.1, -0.05) is 36.7 Å². The van der Waals surface area contributed by atoms with Gasteiger partial charge in [0.25, 0.3) is 5.91 Å². The SMILES string of the molecule is CCCc1cc(CNC(=O)[C@H]2OCOc3ccccc32)on1. The number of hydrogen-bond acceptors (Lipinski definition) is 5. The normalized spacial score (nSPS) is 16.7. The molecule has 2 aromatic rings. The zero-order chi connectivity index (χ0) is 15.4. The second-order valence-electron chi connectivity index (χ2n) is 5.10. The maximum atomic E-state index is 12.3. The van der Waals surface area contributed by atoms with E-state index in [0.29, 0.717) is 18.1 Å². The minimum atomic E-state index is -0.664. The van der Waals surface area contributed by atoms with Gasteiger partial charge in [0.1, 0.15) is 5.75 Å². The van der Waals surface area contributed by atoms with Crippen molar-refractivity contribution in [3.63, 3.8) is 0 Å². The number of benzene rings is 1. The predicted octanol–water partition coefficient (Wildman–Crippen LogP) is 2.35. The Morgan fingerprint density at radius 1 is 1.41 bits per heavy atom. The van der Waals surface area contributed by atoms with Crippen LogP contribution in [0.2, 0.25) is 0 Å². The van der Waals surface area contributed by atoms with Crippen molar-refractivity contribution >= 4 is 5.91 Å². The minimum absolute atomic E-state index is 0.0675. The third kappa shape index (κ3) is 3.12. The summed E-state index contributed by atoms with van der Waals surface area (Å²) in [7, 11) is 0. The van der Waals surface area contributed by atoms with Crippen molar-refractivity contribution in [3.05, 3.63) is 47.3 Å². The van der Waals surface area contributed by atoms with Crippen LogP contribution in [0.1, 0.15) is 36.5 Å². The second kappa shape index (κ2) is 6.62. The highest BCUT2D eigenvalue weighted by Crippen LogP contribution is 2.31. The maximum absolute atomic E-state index is 12.3. The molecular formula is C16H18N2O4. The maximum Gasteiger partial charge on any atom is 0.254 e. The Bertz CT molecular complexity index is 653. The van der Waals surface area contributed by atoms with Gasteiger partial charge in [-0.25, -0.2) is 0 Å². The Morgan fingerprint density at radius 3 is 3.14 bits per heavy atom. The minimum Gasteiger partial charge on any atom is -0.467 e. The summed E-state index contributed by atoms with van der Waals surface area (Å²) in [6.07, 6.45) is 1.21. The van der Waals surface area contributed by atoms with Crippen molar-refractivity contribution < 1.29 is 18.8 Å². The number of hydrogen-bond donors (Lipinski definition) is 1. The smallest absolute Gasteiger partial charge is 0.254 e. The van der Waals surface area contributed by atoms with Gasteiger partial charge in [0.05, 0.1) is 12.2 Å². The zero-order valence-corrected chi connectivity index (χ0v) is 12.4. The Kier molecular flexibility index (Phi) is 4.39. The standard InChI is InChI=1S/C16H18N2O4/c1-2-5-11-8-12(22-18-11)9-17-16(19)15-13-6-3-4-7-14(13)20-10-21-15/h3-4,6-8,15H,2,5,9-10H2,1H3,(H,17,19)/t15-/m0/s1.